The summed E-state index contributed by atoms with van der Waals surface area (Å²) in [5.41, 5.74) is -0.527. The summed E-state index contributed by atoms with van der Waals surface area (Å²) in [6.45, 7) is 1.02. The minimum absolute atomic E-state index is 0.244. The number of nitro groups is 1. The van der Waals surface area contributed by atoms with Crippen molar-refractivity contribution in [3.63, 3.8) is 0 Å². The monoisotopic (exact) mass is 267 g/mol. The van der Waals surface area contributed by atoms with E-state index in [2.05, 4.69) is 0 Å². The second-order valence-electron chi connectivity index (χ2n) is 4.75. The number of amides is 1. The maximum atomic E-state index is 13.6. The van der Waals surface area contributed by atoms with Gasteiger partial charge in [0, 0.05) is 31.3 Å². The minimum Gasteiger partial charge on any atom is -0.335 e. The number of non-ortho nitro benzene ring substituents is 1. The number of nitrogens with zero attached hydrogens (tertiary/aromatic N) is 3. The van der Waals surface area contributed by atoms with Gasteiger partial charge in [0.15, 0.2) is 0 Å². The number of likely N-dealkylation sites (N-methyl/N-ethyl adjacent to an activating group) is 1. The van der Waals surface area contributed by atoms with Crippen LogP contribution in [0.25, 0.3) is 0 Å². The van der Waals surface area contributed by atoms with Crippen LogP contribution in [0.1, 0.15) is 10.4 Å². The summed E-state index contributed by atoms with van der Waals surface area (Å²) in [5, 5.41) is 10.6. The van der Waals surface area contributed by atoms with E-state index >= 15 is 0 Å². The van der Waals surface area contributed by atoms with Crippen LogP contribution >= 0.6 is 0 Å². The molecule has 1 saturated heterocycles. The molecule has 1 aromatic carbocycles. The van der Waals surface area contributed by atoms with Gasteiger partial charge in [-0.2, -0.15) is 0 Å². The molecule has 0 aromatic heterocycles. The molecule has 1 aliphatic heterocycles. The molecule has 19 heavy (non-hydrogen) atoms. The molecule has 0 spiro atoms. The third-order valence-corrected chi connectivity index (χ3v) is 3.27. The molecule has 1 heterocycles. The molecule has 1 aliphatic rings. The summed E-state index contributed by atoms with van der Waals surface area (Å²) in [7, 11) is 3.81. The van der Waals surface area contributed by atoms with Crippen LogP contribution in [-0.2, 0) is 0 Å². The number of hydrogen-bond donors (Lipinski definition) is 0. The van der Waals surface area contributed by atoms with E-state index in [-0.39, 0.29) is 17.3 Å². The zero-order chi connectivity index (χ0) is 14.2. The first-order valence-electron chi connectivity index (χ1n) is 5.80. The summed E-state index contributed by atoms with van der Waals surface area (Å²) in [4.78, 5) is 25.5. The highest BCUT2D eigenvalue weighted by molar-refractivity contribution is 5.95. The zero-order valence-electron chi connectivity index (χ0n) is 10.7. The average molecular weight is 267 g/mol. The van der Waals surface area contributed by atoms with Crippen molar-refractivity contribution >= 4 is 11.6 Å². The van der Waals surface area contributed by atoms with Crippen molar-refractivity contribution < 1.29 is 14.1 Å². The molecule has 0 radical (unpaired) electrons. The van der Waals surface area contributed by atoms with Crippen LogP contribution < -0.4 is 0 Å². The van der Waals surface area contributed by atoms with Crippen molar-refractivity contribution in [2.75, 3.05) is 27.2 Å². The Morgan fingerprint density at radius 1 is 1.47 bits per heavy atom. The van der Waals surface area contributed by atoms with Gasteiger partial charge in [0.25, 0.3) is 11.6 Å². The topological polar surface area (TPSA) is 66.7 Å². The standard InChI is InChI=1S/C12H14FN3O3/c1-14(2)9-6-15(7-9)12(17)10-5-8(16(18)19)3-4-11(10)13/h3-5,9H,6-7H2,1-2H3. The summed E-state index contributed by atoms with van der Waals surface area (Å²) < 4.78 is 13.6. The van der Waals surface area contributed by atoms with E-state index in [1.165, 1.54) is 4.90 Å². The van der Waals surface area contributed by atoms with Gasteiger partial charge in [0.1, 0.15) is 5.82 Å². The number of likely N-dealkylation sites (tertiary alicyclic amines) is 1. The van der Waals surface area contributed by atoms with Gasteiger partial charge in [-0.05, 0) is 20.2 Å². The molecule has 102 valence electrons. The van der Waals surface area contributed by atoms with Crippen LogP contribution in [0.4, 0.5) is 10.1 Å². The van der Waals surface area contributed by atoms with Crippen LogP contribution in [0.2, 0.25) is 0 Å². The molecule has 7 heteroatoms. The van der Waals surface area contributed by atoms with Gasteiger partial charge in [-0.3, -0.25) is 14.9 Å². The third kappa shape index (κ3) is 2.55. The van der Waals surface area contributed by atoms with Crippen LogP contribution in [0.3, 0.4) is 0 Å². The number of carbonyl (C=O) groups excluding carboxylic acids is 1. The molecule has 6 nitrogen and oxygen atoms in total. The first-order chi connectivity index (χ1) is 8.90. The summed E-state index contributed by atoms with van der Waals surface area (Å²) in [6.07, 6.45) is 0. The number of benzene rings is 1. The van der Waals surface area contributed by atoms with Crippen LogP contribution in [0, 0.1) is 15.9 Å². The maximum Gasteiger partial charge on any atom is 0.270 e. The molecule has 0 saturated carbocycles. The van der Waals surface area contributed by atoms with Gasteiger partial charge in [-0.15, -0.1) is 0 Å². The van der Waals surface area contributed by atoms with Crippen molar-refractivity contribution in [3.8, 4) is 0 Å². The van der Waals surface area contributed by atoms with Gasteiger partial charge >= 0.3 is 0 Å². The second kappa shape index (κ2) is 4.93. The lowest BCUT2D eigenvalue weighted by molar-refractivity contribution is -0.384. The van der Waals surface area contributed by atoms with Crippen molar-refractivity contribution in [1.29, 1.82) is 0 Å². The van der Waals surface area contributed by atoms with E-state index in [0.717, 1.165) is 18.2 Å². The number of rotatable bonds is 3. The van der Waals surface area contributed by atoms with Crippen molar-refractivity contribution in [3.05, 3.63) is 39.7 Å². The lowest BCUT2D eigenvalue weighted by Gasteiger charge is -2.42. The van der Waals surface area contributed by atoms with Gasteiger partial charge in [-0.25, -0.2) is 4.39 Å². The molecule has 1 fully saturated rings. The van der Waals surface area contributed by atoms with E-state index < -0.39 is 16.6 Å². The Morgan fingerprint density at radius 2 is 2.11 bits per heavy atom. The first kappa shape index (κ1) is 13.4. The Balaban J connectivity index is 2.16. The molecule has 0 aliphatic carbocycles. The van der Waals surface area contributed by atoms with Gasteiger partial charge in [0.05, 0.1) is 10.5 Å². The predicted molar refractivity (Wildman–Crippen MR) is 66.4 cm³/mol. The van der Waals surface area contributed by atoms with Crippen molar-refractivity contribution in [2.24, 2.45) is 0 Å². The predicted octanol–water partition coefficient (Wildman–Crippen LogP) is 1.12. The van der Waals surface area contributed by atoms with E-state index in [0.29, 0.717) is 13.1 Å². The van der Waals surface area contributed by atoms with Gasteiger partial charge in [-0.1, -0.05) is 0 Å². The van der Waals surface area contributed by atoms with Crippen molar-refractivity contribution in [2.45, 2.75) is 6.04 Å². The molecule has 2 rings (SSSR count). The lowest BCUT2D eigenvalue weighted by Crippen LogP contribution is -2.59. The van der Waals surface area contributed by atoms with Crippen LogP contribution in [-0.4, -0.2) is 53.9 Å². The molecule has 0 bridgehead atoms. The highest BCUT2D eigenvalue weighted by atomic mass is 19.1. The fraction of sp³-hybridized carbons (Fsp3) is 0.417. The van der Waals surface area contributed by atoms with Crippen LogP contribution in [0.15, 0.2) is 18.2 Å². The first-order valence-corrected chi connectivity index (χ1v) is 5.80. The highest BCUT2D eigenvalue weighted by Gasteiger charge is 2.33. The van der Waals surface area contributed by atoms with E-state index in [1.807, 2.05) is 19.0 Å². The largest absolute Gasteiger partial charge is 0.335 e. The van der Waals surface area contributed by atoms with Crippen molar-refractivity contribution in [1.82, 2.24) is 9.80 Å². The quantitative estimate of drug-likeness (QED) is 0.608. The Morgan fingerprint density at radius 3 is 2.63 bits per heavy atom. The minimum atomic E-state index is -0.732. The van der Waals surface area contributed by atoms with Crippen LogP contribution in [0.5, 0.6) is 0 Å². The number of carbonyl (C=O) groups is 1. The third-order valence-electron chi connectivity index (χ3n) is 3.27. The van der Waals surface area contributed by atoms with Gasteiger partial charge < -0.3 is 9.80 Å². The molecule has 1 aromatic rings. The summed E-state index contributed by atoms with van der Waals surface area (Å²) >= 11 is 0. The molecule has 0 atom stereocenters. The summed E-state index contributed by atoms with van der Waals surface area (Å²) in [5.74, 6) is -1.23. The Kier molecular flexibility index (Phi) is 3.48. The fourth-order valence-corrected chi connectivity index (χ4v) is 1.91. The number of nitro benzene ring substituents is 1. The Bertz CT molecular complexity index is 527. The number of hydrogen-bond acceptors (Lipinski definition) is 4. The normalized spacial score (nSPS) is 15.5. The second-order valence-corrected chi connectivity index (χ2v) is 4.75. The van der Waals surface area contributed by atoms with Gasteiger partial charge in [0.2, 0.25) is 0 Å². The zero-order valence-corrected chi connectivity index (χ0v) is 10.7. The molecule has 0 unspecified atom stereocenters. The SMILES string of the molecule is CN(C)C1CN(C(=O)c2cc([N+](=O)[O-])ccc2F)C1. The summed E-state index contributed by atoms with van der Waals surface area (Å²) in [6, 6.07) is 3.24. The highest BCUT2D eigenvalue weighted by Crippen LogP contribution is 2.21. The lowest BCUT2D eigenvalue weighted by atomic mass is 10.1. The molecule has 0 N–H and O–H groups in total. The smallest absolute Gasteiger partial charge is 0.270 e. The molecular formula is C12H14FN3O3. The van der Waals surface area contributed by atoms with E-state index in [1.54, 1.807) is 0 Å². The number of halogens is 1. The molecular weight excluding hydrogens is 253 g/mol. The van der Waals surface area contributed by atoms with E-state index in [4.69, 9.17) is 0 Å². The fourth-order valence-electron chi connectivity index (χ4n) is 1.91. The maximum absolute atomic E-state index is 13.6. The molecule has 1 amide bonds. The Hall–Kier alpha value is -2.02. The average Bonchev–Trinajstić information content (AvgIpc) is 2.26. The van der Waals surface area contributed by atoms with E-state index in [9.17, 15) is 19.3 Å². The Labute approximate surface area is 109 Å².